The van der Waals surface area contributed by atoms with Gasteiger partial charge in [-0.15, -0.1) is 0 Å². The highest BCUT2D eigenvalue weighted by atomic mass is 32.2. The van der Waals surface area contributed by atoms with Crippen molar-refractivity contribution < 1.29 is 31.5 Å². The van der Waals surface area contributed by atoms with Crippen molar-refractivity contribution in [3.63, 3.8) is 0 Å². The van der Waals surface area contributed by atoms with Gasteiger partial charge in [0, 0.05) is 12.6 Å². The summed E-state index contributed by atoms with van der Waals surface area (Å²) >= 11 is 0. The monoisotopic (exact) mass is 376 g/mol. The topological polar surface area (TPSA) is 98.5 Å². The molecule has 136 valence electrons. The van der Waals surface area contributed by atoms with Gasteiger partial charge in [-0.2, -0.15) is 22.7 Å². The highest BCUT2D eigenvalue weighted by Crippen LogP contribution is 2.34. The number of halogens is 3. The van der Waals surface area contributed by atoms with Crippen LogP contribution < -0.4 is 0 Å². The van der Waals surface area contributed by atoms with Gasteiger partial charge in [-0.1, -0.05) is 0 Å². The average molecular weight is 376 g/mol. The van der Waals surface area contributed by atoms with Gasteiger partial charge in [-0.25, -0.2) is 8.42 Å². The number of piperidine rings is 1. The molecule has 2 rings (SSSR count). The van der Waals surface area contributed by atoms with Gasteiger partial charge < -0.3 is 5.11 Å². The Hall–Kier alpha value is -2.12. The van der Waals surface area contributed by atoms with Crippen LogP contribution in [0.5, 0.6) is 0 Å². The maximum Gasteiger partial charge on any atom is 0.417 e. The van der Waals surface area contributed by atoms with Gasteiger partial charge in [0.15, 0.2) is 0 Å². The third kappa shape index (κ3) is 3.62. The van der Waals surface area contributed by atoms with E-state index in [9.17, 15) is 31.5 Å². The van der Waals surface area contributed by atoms with Crippen LogP contribution in [0.4, 0.5) is 13.2 Å². The lowest BCUT2D eigenvalue weighted by atomic mass is 9.92. The zero-order valence-electron chi connectivity index (χ0n) is 13.1. The van der Waals surface area contributed by atoms with E-state index in [0.717, 1.165) is 10.4 Å². The number of benzene rings is 1. The molecule has 1 heterocycles. The van der Waals surface area contributed by atoms with Crippen molar-refractivity contribution in [2.45, 2.75) is 36.9 Å². The van der Waals surface area contributed by atoms with E-state index in [0.29, 0.717) is 25.0 Å². The van der Waals surface area contributed by atoms with E-state index in [1.54, 1.807) is 0 Å². The summed E-state index contributed by atoms with van der Waals surface area (Å²) in [5.41, 5.74) is -2.02. The van der Waals surface area contributed by atoms with Crippen LogP contribution in [0.3, 0.4) is 0 Å². The van der Waals surface area contributed by atoms with E-state index in [4.69, 9.17) is 5.26 Å². The van der Waals surface area contributed by atoms with Crippen LogP contribution in [-0.2, 0) is 21.0 Å². The Kier molecular flexibility index (Phi) is 5.11. The molecule has 0 saturated carbocycles. The molecular weight excluding hydrogens is 361 g/mol. The molecule has 6 nitrogen and oxygen atoms in total. The Labute approximate surface area is 142 Å². The van der Waals surface area contributed by atoms with E-state index in [1.807, 2.05) is 0 Å². The summed E-state index contributed by atoms with van der Waals surface area (Å²) in [7, 11) is -4.22. The molecule has 1 aliphatic rings. The van der Waals surface area contributed by atoms with Crippen LogP contribution in [0, 0.1) is 17.2 Å². The largest absolute Gasteiger partial charge is 0.481 e. The third-order valence-electron chi connectivity index (χ3n) is 4.27. The molecule has 0 aliphatic carbocycles. The predicted octanol–water partition coefficient (Wildman–Crippen LogP) is 2.45. The fourth-order valence-corrected chi connectivity index (χ4v) is 4.67. The fourth-order valence-electron chi connectivity index (χ4n) is 2.94. The Morgan fingerprint density at radius 3 is 2.56 bits per heavy atom. The van der Waals surface area contributed by atoms with E-state index in [1.165, 1.54) is 13.0 Å². The number of nitriles is 1. The van der Waals surface area contributed by atoms with Crippen LogP contribution in [0.1, 0.15) is 30.9 Å². The summed E-state index contributed by atoms with van der Waals surface area (Å²) in [4.78, 5) is 10.8. The Morgan fingerprint density at radius 1 is 1.40 bits per heavy atom. The summed E-state index contributed by atoms with van der Waals surface area (Å²) in [5.74, 6) is -2.02. The van der Waals surface area contributed by atoms with E-state index in [-0.39, 0.29) is 6.54 Å². The molecule has 0 radical (unpaired) electrons. The molecular formula is C15H15F3N2O4S. The summed E-state index contributed by atoms with van der Waals surface area (Å²) in [6.07, 6.45) is -4.13. The molecule has 25 heavy (non-hydrogen) atoms. The Bertz CT molecular complexity index is 830. The zero-order chi connectivity index (χ0) is 19.0. The highest BCUT2D eigenvalue weighted by Gasteiger charge is 2.40. The van der Waals surface area contributed by atoms with Gasteiger partial charge in [0.05, 0.1) is 28.0 Å². The van der Waals surface area contributed by atoms with Crippen LogP contribution in [0.15, 0.2) is 23.1 Å². The second kappa shape index (κ2) is 6.65. The summed E-state index contributed by atoms with van der Waals surface area (Å²) in [5, 5.41) is 18.1. The number of sulfonamides is 1. The molecule has 1 saturated heterocycles. The Balaban J connectivity index is 2.47. The molecule has 1 N–H and O–H groups in total. The number of rotatable bonds is 3. The highest BCUT2D eigenvalue weighted by molar-refractivity contribution is 7.89. The van der Waals surface area contributed by atoms with E-state index in [2.05, 4.69) is 0 Å². The quantitative estimate of drug-likeness (QED) is 0.874. The number of aliphatic carboxylic acids is 1. The molecule has 0 amide bonds. The zero-order valence-corrected chi connectivity index (χ0v) is 13.9. The molecule has 1 aliphatic heterocycles. The van der Waals surface area contributed by atoms with E-state index >= 15 is 0 Å². The maximum atomic E-state index is 12.8. The van der Waals surface area contributed by atoms with Crippen molar-refractivity contribution >= 4 is 16.0 Å². The standard InChI is InChI=1S/C15H15F3N2O4S/c1-9-12(14(21)22)3-2-6-20(9)25(23,24)11-4-5-13(15(16,17)18)10(7-11)8-19/h4-5,7,9,12H,2-3,6H2,1H3,(H,21,22)/t9-,12-/m1/s1. The molecule has 1 aromatic rings. The van der Waals surface area contributed by atoms with Crippen LogP contribution in [-0.4, -0.2) is 36.4 Å². The van der Waals surface area contributed by atoms with Crippen LogP contribution in [0.2, 0.25) is 0 Å². The van der Waals surface area contributed by atoms with Crippen LogP contribution in [0.25, 0.3) is 0 Å². The molecule has 1 fully saturated rings. The second-order valence-corrected chi connectivity index (χ2v) is 7.65. The maximum absolute atomic E-state index is 12.8. The van der Waals surface area contributed by atoms with Crippen molar-refractivity contribution in [2.75, 3.05) is 6.54 Å². The smallest absolute Gasteiger partial charge is 0.417 e. The first-order valence-corrected chi connectivity index (χ1v) is 8.80. The lowest BCUT2D eigenvalue weighted by Gasteiger charge is -2.36. The number of hydrogen-bond donors (Lipinski definition) is 1. The number of carboxylic acid groups (broad SMARTS) is 1. The molecule has 2 atom stereocenters. The molecule has 0 bridgehead atoms. The minimum atomic E-state index is -4.78. The van der Waals surface area contributed by atoms with E-state index < -0.39 is 50.2 Å². The average Bonchev–Trinajstić information content (AvgIpc) is 2.53. The van der Waals surface area contributed by atoms with Crippen molar-refractivity contribution in [1.82, 2.24) is 4.31 Å². The summed E-state index contributed by atoms with van der Waals surface area (Å²) in [6.45, 7) is 1.51. The minimum Gasteiger partial charge on any atom is -0.481 e. The lowest BCUT2D eigenvalue weighted by molar-refractivity contribution is -0.144. The third-order valence-corrected chi connectivity index (χ3v) is 6.25. The lowest BCUT2D eigenvalue weighted by Crippen LogP contribution is -2.49. The SMILES string of the molecule is C[C@@H]1[C@H](C(=O)O)CCCN1S(=O)(=O)c1ccc(C(F)(F)F)c(C#N)c1. The van der Waals surface area contributed by atoms with Gasteiger partial charge in [-0.05, 0) is 38.0 Å². The molecule has 0 aromatic heterocycles. The summed E-state index contributed by atoms with van der Waals surface area (Å²) in [6, 6.07) is 2.53. The van der Waals surface area contributed by atoms with Crippen molar-refractivity contribution in [3.8, 4) is 6.07 Å². The summed E-state index contributed by atoms with van der Waals surface area (Å²) < 4.78 is 65.0. The first-order chi connectivity index (χ1) is 11.5. The number of carboxylic acids is 1. The molecule has 0 unspecified atom stereocenters. The normalized spacial score (nSPS) is 22.4. The number of carbonyl (C=O) groups is 1. The van der Waals surface area contributed by atoms with Gasteiger partial charge in [0.1, 0.15) is 0 Å². The van der Waals surface area contributed by atoms with Gasteiger partial charge in [-0.3, -0.25) is 4.79 Å². The van der Waals surface area contributed by atoms with Crippen molar-refractivity contribution in [3.05, 3.63) is 29.3 Å². The van der Waals surface area contributed by atoms with Gasteiger partial charge in [0.25, 0.3) is 0 Å². The Morgan fingerprint density at radius 2 is 2.04 bits per heavy atom. The minimum absolute atomic E-state index is 0.0657. The fraction of sp³-hybridized carbons (Fsp3) is 0.467. The number of alkyl halides is 3. The first kappa shape index (κ1) is 19.2. The van der Waals surface area contributed by atoms with Crippen molar-refractivity contribution in [1.29, 1.82) is 5.26 Å². The van der Waals surface area contributed by atoms with Gasteiger partial charge >= 0.3 is 12.1 Å². The molecule has 10 heteroatoms. The number of hydrogen-bond acceptors (Lipinski definition) is 4. The first-order valence-electron chi connectivity index (χ1n) is 7.36. The predicted molar refractivity (Wildman–Crippen MR) is 79.9 cm³/mol. The van der Waals surface area contributed by atoms with Crippen molar-refractivity contribution in [2.24, 2.45) is 5.92 Å². The van der Waals surface area contributed by atoms with Crippen LogP contribution >= 0.6 is 0 Å². The van der Waals surface area contributed by atoms with Gasteiger partial charge in [0.2, 0.25) is 10.0 Å². The molecule has 1 aromatic carbocycles. The second-order valence-electron chi connectivity index (χ2n) is 5.76. The molecule has 0 spiro atoms. The number of nitrogens with zero attached hydrogens (tertiary/aromatic N) is 2.